The molecule has 218 valence electrons. The van der Waals surface area contributed by atoms with Crippen LogP contribution >= 0.6 is 23.2 Å². The van der Waals surface area contributed by atoms with Gasteiger partial charge in [-0.15, -0.1) is 0 Å². The smallest absolute Gasteiger partial charge is 0.433 e. The molecule has 2 aliphatic rings. The highest BCUT2D eigenvalue weighted by atomic mass is 35.5. The molecule has 1 aliphatic carbocycles. The van der Waals surface area contributed by atoms with Gasteiger partial charge in [-0.1, -0.05) is 29.3 Å². The molecular weight excluding hydrogens is 574 g/mol. The maximum atomic E-state index is 14.4. The van der Waals surface area contributed by atoms with Crippen LogP contribution in [0.2, 0.25) is 10.0 Å². The Bertz CT molecular complexity index is 1290. The van der Waals surface area contributed by atoms with E-state index in [-0.39, 0.29) is 47.8 Å². The van der Waals surface area contributed by atoms with E-state index in [0.29, 0.717) is 6.42 Å². The van der Waals surface area contributed by atoms with Crippen LogP contribution in [0.5, 0.6) is 0 Å². The topological polar surface area (TPSA) is 102 Å². The van der Waals surface area contributed by atoms with Crippen LogP contribution in [-0.2, 0) is 15.7 Å². The van der Waals surface area contributed by atoms with Crippen molar-refractivity contribution in [3.63, 3.8) is 0 Å². The largest absolute Gasteiger partial charge is 0.481 e. The van der Waals surface area contributed by atoms with Crippen molar-refractivity contribution in [1.82, 2.24) is 14.7 Å². The zero-order valence-corrected chi connectivity index (χ0v) is 23.7. The number of carbonyl (C=O) groups is 3. The number of carboxylic acid groups (broad SMARTS) is 1. The van der Waals surface area contributed by atoms with Gasteiger partial charge in [0.05, 0.1) is 57.1 Å². The molecular formula is C27H30Cl2F3N3O5. The van der Waals surface area contributed by atoms with Gasteiger partial charge in [-0.25, -0.2) is 0 Å². The van der Waals surface area contributed by atoms with Gasteiger partial charge in [0.25, 0.3) is 5.91 Å². The lowest BCUT2D eigenvalue weighted by atomic mass is 9.74. The van der Waals surface area contributed by atoms with Gasteiger partial charge in [0.2, 0.25) is 0 Å². The highest BCUT2D eigenvalue weighted by molar-refractivity contribution is 6.40. The Hall–Kier alpha value is -2.63. The Labute approximate surface area is 239 Å². The number of carbonyl (C=O) groups excluding carboxylic acids is 2. The first-order valence-electron chi connectivity index (χ1n) is 12.8. The third kappa shape index (κ3) is 6.16. The van der Waals surface area contributed by atoms with Gasteiger partial charge in [0, 0.05) is 13.0 Å². The Morgan fingerprint density at radius 1 is 1.15 bits per heavy atom. The minimum Gasteiger partial charge on any atom is -0.481 e. The van der Waals surface area contributed by atoms with Crippen molar-refractivity contribution in [3.8, 4) is 0 Å². The molecule has 1 saturated heterocycles. The number of aliphatic carboxylic acids is 1. The van der Waals surface area contributed by atoms with Crippen LogP contribution in [-0.4, -0.2) is 62.2 Å². The number of amides is 1. The van der Waals surface area contributed by atoms with Crippen molar-refractivity contribution in [1.29, 1.82) is 0 Å². The molecule has 4 rings (SSSR count). The summed E-state index contributed by atoms with van der Waals surface area (Å²) in [7, 11) is 0. The lowest BCUT2D eigenvalue weighted by Crippen LogP contribution is -2.53. The highest BCUT2D eigenvalue weighted by Gasteiger charge is 2.46. The number of halogens is 5. The van der Waals surface area contributed by atoms with E-state index in [1.165, 1.54) is 12.1 Å². The van der Waals surface area contributed by atoms with Crippen molar-refractivity contribution < 1.29 is 37.4 Å². The summed E-state index contributed by atoms with van der Waals surface area (Å²) in [6.45, 7) is 4.55. The maximum Gasteiger partial charge on any atom is 0.433 e. The van der Waals surface area contributed by atoms with Gasteiger partial charge in [-0.3, -0.25) is 19.1 Å². The summed E-state index contributed by atoms with van der Waals surface area (Å²) in [6, 6.07) is 3.72. The molecule has 0 spiro atoms. The van der Waals surface area contributed by atoms with Crippen molar-refractivity contribution in [3.05, 3.63) is 51.3 Å². The van der Waals surface area contributed by atoms with E-state index in [0.717, 1.165) is 15.8 Å². The molecule has 13 heteroatoms. The predicted octanol–water partition coefficient (Wildman–Crippen LogP) is 6.31. The molecule has 2 heterocycles. The van der Waals surface area contributed by atoms with Gasteiger partial charge < -0.3 is 14.7 Å². The molecule has 1 aliphatic heterocycles. The first-order valence-corrected chi connectivity index (χ1v) is 13.6. The van der Waals surface area contributed by atoms with Gasteiger partial charge in [0.15, 0.2) is 11.5 Å². The van der Waals surface area contributed by atoms with E-state index in [4.69, 9.17) is 27.9 Å². The molecule has 2 aromatic rings. The van der Waals surface area contributed by atoms with Crippen molar-refractivity contribution in [2.24, 2.45) is 5.41 Å². The average Bonchev–Trinajstić information content (AvgIpc) is 3.28. The van der Waals surface area contributed by atoms with Crippen LogP contribution < -0.4 is 0 Å². The van der Waals surface area contributed by atoms with Crippen molar-refractivity contribution in [2.75, 3.05) is 13.1 Å². The predicted molar refractivity (Wildman–Crippen MR) is 141 cm³/mol. The van der Waals surface area contributed by atoms with Gasteiger partial charge in [-0.2, -0.15) is 18.3 Å². The summed E-state index contributed by atoms with van der Waals surface area (Å²) < 4.78 is 49.8. The minimum atomic E-state index is -4.94. The summed E-state index contributed by atoms with van der Waals surface area (Å²) in [5, 5.41) is 13.5. The van der Waals surface area contributed by atoms with E-state index in [9.17, 15) is 32.7 Å². The summed E-state index contributed by atoms with van der Waals surface area (Å²) in [4.78, 5) is 39.5. The number of hydrogen-bond acceptors (Lipinski definition) is 5. The fraction of sp³-hybridized carbons (Fsp3) is 0.556. The van der Waals surface area contributed by atoms with Gasteiger partial charge in [0.1, 0.15) is 0 Å². The highest BCUT2D eigenvalue weighted by Crippen LogP contribution is 2.43. The first kappa shape index (κ1) is 30.3. The number of benzene rings is 1. The standard InChI is InChI=1S/C27H30Cl2F3N3O5/c1-25(2)11-16(40-25)13-34(14-20(36)21-18(28)5-4-6-19(21)29)23(37)17-12-33-35(22(17)27(30,31)32)15-7-9-26(3,10-8-15)24(38)39/h4-6,12,15-16H,7-11,13-14H2,1-3H3,(H,38,39)/t15-,16-,26-/m1/s1. The van der Waals surface area contributed by atoms with Crippen LogP contribution in [0.4, 0.5) is 13.2 Å². The SMILES string of the molecule is CC1(C)C[C@H](CN(CC(=O)c2c(Cl)cccc2Cl)C(=O)c2cnn([C@H]3CC[C@](C)(C(=O)O)CC3)c2C(F)(F)F)O1. The Morgan fingerprint density at radius 3 is 2.23 bits per heavy atom. The molecule has 0 bridgehead atoms. The number of alkyl halides is 3. The quantitative estimate of drug-likeness (QED) is 0.355. The number of ether oxygens (including phenoxy) is 1. The fourth-order valence-corrected chi connectivity index (χ4v) is 6.13. The lowest BCUT2D eigenvalue weighted by molar-refractivity contribution is -0.187. The van der Waals surface area contributed by atoms with E-state index in [1.807, 2.05) is 13.8 Å². The molecule has 1 N–H and O–H groups in total. The maximum absolute atomic E-state index is 14.4. The Kier molecular flexibility index (Phi) is 8.33. The minimum absolute atomic E-state index is 0.0334. The normalized spacial score (nSPS) is 24.3. The summed E-state index contributed by atoms with van der Waals surface area (Å²) in [5.41, 5.74) is -3.45. The second-order valence-electron chi connectivity index (χ2n) is 11.4. The van der Waals surface area contributed by atoms with E-state index >= 15 is 0 Å². The van der Waals surface area contributed by atoms with Crippen molar-refractivity contribution >= 4 is 40.9 Å². The zero-order valence-electron chi connectivity index (χ0n) is 22.2. The molecule has 40 heavy (non-hydrogen) atoms. The van der Waals surface area contributed by atoms with Crippen molar-refractivity contribution in [2.45, 2.75) is 76.8 Å². The average molecular weight is 604 g/mol. The van der Waals surface area contributed by atoms with Crippen LogP contribution in [0.15, 0.2) is 24.4 Å². The zero-order chi connectivity index (χ0) is 29.6. The number of hydrogen-bond donors (Lipinski definition) is 1. The molecule has 2 fully saturated rings. The summed E-state index contributed by atoms with van der Waals surface area (Å²) >= 11 is 12.3. The number of rotatable bonds is 8. The monoisotopic (exact) mass is 603 g/mol. The number of Topliss-reactive ketones (excluding diaryl/α,β-unsaturated/α-hetero) is 1. The van der Waals surface area contributed by atoms with Crippen LogP contribution in [0.1, 0.15) is 85.3 Å². The van der Waals surface area contributed by atoms with Crippen LogP contribution in [0, 0.1) is 5.41 Å². The molecule has 0 unspecified atom stereocenters. The molecule has 1 aromatic heterocycles. The molecule has 1 amide bonds. The third-order valence-electron chi connectivity index (χ3n) is 7.71. The molecule has 1 atom stereocenters. The number of nitrogens with zero attached hydrogens (tertiary/aromatic N) is 3. The van der Waals surface area contributed by atoms with Gasteiger partial charge in [-0.05, 0) is 58.6 Å². The third-order valence-corrected chi connectivity index (χ3v) is 8.34. The van der Waals surface area contributed by atoms with Gasteiger partial charge >= 0.3 is 12.1 Å². The van der Waals surface area contributed by atoms with E-state index < -0.39 is 64.8 Å². The number of aromatic nitrogens is 2. The molecule has 8 nitrogen and oxygen atoms in total. The first-order chi connectivity index (χ1) is 18.5. The van der Waals surface area contributed by atoms with Crippen LogP contribution in [0.25, 0.3) is 0 Å². The van der Waals surface area contributed by atoms with E-state index in [2.05, 4.69) is 5.10 Å². The lowest BCUT2D eigenvalue weighted by Gasteiger charge is -2.44. The molecule has 1 aromatic carbocycles. The van der Waals surface area contributed by atoms with E-state index in [1.54, 1.807) is 13.0 Å². The Balaban J connectivity index is 1.65. The molecule has 0 radical (unpaired) electrons. The second kappa shape index (κ2) is 11.0. The van der Waals surface area contributed by atoms with Crippen LogP contribution in [0.3, 0.4) is 0 Å². The number of ketones is 1. The Morgan fingerprint density at radius 2 is 1.73 bits per heavy atom. The second-order valence-corrected chi connectivity index (χ2v) is 12.2. The molecule has 1 saturated carbocycles. The summed E-state index contributed by atoms with van der Waals surface area (Å²) in [5.74, 6) is -2.67. The fourth-order valence-electron chi connectivity index (χ4n) is 5.52. The number of carboxylic acids is 1. The summed E-state index contributed by atoms with van der Waals surface area (Å²) in [6.07, 6.45) is -3.38.